The molecule has 0 saturated heterocycles. The molecular formula is C18H25N3OS. The third kappa shape index (κ3) is 3.66. The van der Waals surface area contributed by atoms with Crippen LogP contribution in [0.4, 0.5) is 0 Å². The summed E-state index contributed by atoms with van der Waals surface area (Å²) in [5.41, 5.74) is 4.38. The molecule has 1 fully saturated rings. The molecule has 0 bridgehead atoms. The van der Waals surface area contributed by atoms with Gasteiger partial charge in [0.05, 0.1) is 10.7 Å². The van der Waals surface area contributed by atoms with Crippen LogP contribution in [0.15, 0.2) is 11.4 Å². The van der Waals surface area contributed by atoms with Crippen molar-refractivity contribution in [2.24, 2.45) is 0 Å². The first-order valence-electron chi connectivity index (χ1n) is 8.43. The van der Waals surface area contributed by atoms with Crippen molar-refractivity contribution in [1.82, 2.24) is 14.9 Å². The number of rotatable bonds is 4. The summed E-state index contributed by atoms with van der Waals surface area (Å²) in [6.07, 6.45) is 6.02. The maximum Gasteiger partial charge on any atom is 0.240 e. The maximum absolute atomic E-state index is 12.4. The number of amides is 1. The average Bonchev–Trinajstić information content (AvgIpc) is 3.07. The molecule has 0 atom stereocenters. The third-order valence-corrected chi connectivity index (χ3v) is 5.51. The molecule has 1 N–H and O–H groups in total. The number of hydrogen-bond acceptors (Lipinski definition) is 3. The van der Waals surface area contributed by atoms with Crippen LogP contribution in [0.5, 0.6) is 0 Å². The lowest BCUT2D eigenvalue weighted by Crippen LogP contribution is -2.38. The number of nitrogens with one attached hydrogen (secondary N) is 1. The first kappa shape index (κ1) is 16.2. The summed E-state index contributed by atoms with van der Waals surface area (Å²) in [5.74, 6) is 0.125. The van der Waals surface area contributed by atoms with Crippen LogP contribution < -0.4 is 5.32 Å². The molecule has 2 heterocycles. The van der Waals surface area contributed by atoms with Crippen molar-refractivity contribution in [2.45, 2.75) is 65.5 Å². The molecule has 0 unspecified atom stereocenters. The summed E-state index contributed by atoms with van der Waals surface area (Å²) in [5, 5.41) is 6.36. The van der Waals surface area contributed by atoms with E-state index in [4.69, 9.17) is 0 Å². The van der Waals surface area contributed by atoms with Crippen LogP contribution in [-0.4, -0.2) is 21.5 Å². The van der Waals surface area contributed by atoms with E-state index in [0.717, 1.165) is 40.5 Å². The Labute approximate surface area is 141 Å². The average molecular weight is 331 g/mol. The molecular weight excluding hydrogens is 306 g/mol. The minimum Gasteiger partial charge on any atom is -0.352 e. The van der Waals surface area contributed by atoms with Crippen molar-refractivity contribution in [3.63, 3.8) is 0 Å². The highest BCUT2D eigenvalue weighted by Gasteiger charge is 2.18. The highest BCUT2D eigenvalue weighted by Crippen LogP contribution is 2.28. The van der Waals surface area contributed by atoms with E-state index in [-0.39, 0.29) is 5.91 Å². The fraction of sp³-hybridized carbons (Fsp3) is 0.556. The van der Waals surface area contributed by atoms with Crippen LogP contribution in [0.3, 0.4) is 0 Å². The molecule has 2 aromatic rings. The van der Waals surface area contributed by atoms with Crippen LogP contribution in [0, 0.1) is 20.8 Å². The SMILES string of the molecule is Cc1nc(-c2cc(C)n(CC(=O)NC3CCCCC3)c2C)cs1. The van der Waals surface area contributed by atoms with Gasteiger partial charge < -0.3 is 9.88 Å². The quantitative estimate of drug-likeness (QED) is 0.921. The monoisotopic (exact) mass is 331 g/mol. The Kier molecular flexibility index (Phi) is 4.85. The lowest BCUT2D eigenvalue weighted by atomic mass is 9.95. The Balaban J connectivity index is 1.72. The summed E-state index contributed by atoms with van der Waals surface area (Å²) < 4.78 is 2.10. The van der Waals surface area contributed by atoms with E-state index < -0.39 is 0 Å². The molecule has 0 aliphatic heterocycles. The van der Waals surface area contributed by atoms with E-state index in [1.165, 1.54) is 19.3 Å². The number of aromatic nitrogens is 2. The van der Waals surface area contributed by atoms with E-state index in [1.807, 2.05) is 6.92 Å². The van der Waals surface area contributed by atoms with E-state index >= 15 is 0 Å². The van der Waals surface area contributed by atoms with Gasteiger partial charge >= 0.3 is 0 Å². The zero-order chi connectivity index (χ0) is 16.4. The topological polar surface area (TPSA) is 46.9 Å². The Morgan fingerprint density at radius 2 is 2.04 bits per heavy atom. The second kappa shape index (κ2) is 6.87. The molecule has 0 spiro atoms. The van der Waals surface area contributed by atoms with Crippen LogP contribution in [-0.2, 0) is 11.3 Å². The van der Waals surface area contributed by atoms with E-state index in [2.05, 4.69) is 40.2 Å². The lowest BCUT2D eigenvalue weighted by Gasteiger charge is -2.23. The van der Waals surface area contributed by atoms with Gasteiger partial charge in [0.1, 0.15) is 6.54 Å². The Morgan fingerprint density at radius 3 is 2.70 bits per heavy atom. The van der Waals surface area contributed by atoms with Crippen LogP contribution in [0.2, 0.25) is 0 Å². The molecule has 23 heavy (non-hydrogen) atoms. The maximum atomic E-state index is 12.4. The minimum atomic E-state index is 0.125. The molecule has 4 nitrogen and oxygen atoms in total. The van der Waals surface area contributed by atoms with Gasteiger partial charge in [0, 0.05) is 28.4 Å². The molecule has 3 rings (SSSR count). The number of nitrogens with zero attached hydrogens (tertiary/aromatic N) is 2. The van der Waals surface area contributed by atoms with Gasteiger partial charge in [-0.25, -0.2) is 4.98 Å². The zero-order valence-corrected chi connectivity index (χ0v) is 15.0. The smallest absolute Gasteiger partial charge is 0.240 e. The molecule has 5 heteroatoms. The van der Waals surface area contributed by atoms with Crippen molar-refractivity contribution < 1.29 is 4.79 Å². The Hall–Kier alpha value is -1.62. The fourth-order valence-corrected chi connectivity index (χ4v) is 4.07. The van der Waals surface area contributed by atoms with Crippen LogP contribution in [0.25, 0.3) is 11.3 Å². The van der Waals surface area contributed by atoms with Crippen LogP contribution >= 0.6 is 11.3 Å². The van der Waals surface area contributed by atoms with E-state index in [0.29, 0.717) is 12.6 Å². The molecule has 1 aliphatic rings. The largest absolute Gasteiger partial charge is 0.352 e. The number of carbonyl (C=O) groups is 1. The van der Waals surface area contributed by atoms with Crippen molar-refractivity contribution in [3.8, 4) is 11.3 Å². The normalized spacial score (nSPS) is 15.8. The van der Waals surface area contributed by atoms with Crippen LogP contribution in [0.1, 0.15) is 48.5 Å². The summed E-state index contributed by atoms with van der Waals surface area (Å²) in [7, 11) is 0. The van der Waals surface area contributed by atoms with Gasteiger partial charge in [0.25, 0.3) is 0 Å². The fourth-order valence-electron chi connectivity index (χ4n) is 3.45. The standard InChI is InChI=1S/C18H25N3OS/c1-12-9-16(17-11-23-14(3)19-17)13(2)21(12)10-18(22)20-15-7-5-4-6-8-15/h9,11,15H,4-8,10H2,1-3H3,(H,20,22). The molecule has 124 valence electrons. The van der Waals surface area contributed by atoms with Crippen molar-refractivity contribution in [1.29, 1.82) is 0 Å². The van der Waals surface area contributed by atoms with Crippen molar-refractivity contribution >= 4 is 17.2 Å². The van der Waals surface area contributed by atoms with Gasteiger partial charge in [0.15, 0.2) is 0 Å². The predicted molar refractivity (Wildman–Crippen MR) is 94.8 cm³/mol. The molecule has 0 aromatic carbocycles. The number of aryl methyl sites for hydroxylation is 2. The Bertz CT molecular complexity index is 695. The van der Waals surface area contributed by atoms with Gasteiger partial charge in [-0.3, -0.25) is 4.79 Å². The summed E-state index contributed by atoms with van der Waals surface area (Å²) in [6.45, 7) is 6.55. The molecule has 0 radical (unpaired) electrons. The highest BCUT2D eigenvalue weighted by molar-refractivity contribution is 7.09. The number of thiazole rings is 1. The van der Waals surface area contributed by atoms with E-state index in [1.54, 1.807) is 11.3 Å². The summed E-state index contributed by atoms with van der Waals surface area (Å²) >= 11 is 1.66. The molecule has 1 amide bonds. The first-order valence-corrected chi connectivity index (χ1v) is 9.31. The van der Waals surface area contributed by atoms with Crippen molar-refractivity contribution in [2.75, 3.05) is 0 Å². The highest BCUT2D eigenvalue weighted by atomic mass is 32.1. The predicted octanol–water partition coefficient (Wildman–Crippen LogP) is 3.99. The third-order valence-electron chi connectivity index (χ3n) is 4.74. The minimum absolute atomic E-state index is 0.125. The number of hydrogen-bond donors (Lipinski definition) is 1. The zero-order valence-electron chi connectivity index (χ0n) is 14.2. The number of carbonyl (C=O) groups excluding carboxylic acids is 1. The van der Waals surface area contributed by atoms with Gasteiger partial charge in [-0.05, 0) is 39.7 Å². The lowest BCUT2D eigenvalue weighted by molar-refractivity contribution is -0.122. The van der Waals surface area contributed by atoms with Crippen molar-refractivity contribution in [3.05, 3.63) is 27.8 Å². The molecule has 1 aliphatic carbocycles. The summed E-state index contributed by atoms with van der Waals surface area (Å²) in [6, 6.07) is 2.51. The van der Waals surface area contributed by atoms with Gasteiger partial charge in [0.2, 0.25) is 5.91 Å². The van der Waals surface area contributed by atoms with Gasteiger partial charge in [-0.2, -0.15) is 0 Å². The second-order valence-corrected chi connectivity index (χ2v) is 7.59. The van der Waals surface area contributed by atoms with E-state index in [9.17, 15) is 4.79 Å². The molecule has 1 saturated carbocycles. The second-order valence-electron chi connectivity index (χ2n) is 6.53. The molecule has 2 aromatic heterocycles. The first-order chi connectivity index (χ1) is 11.0. The van der Waals surface area contributed by atoms with Gasteiger partial charge in [-0.1, -0.05) is 19.3 Å². The Morgan fingerprint density at radius 1 is 1.30 bits per heavy atom. The summed E-state index contributed by atoms with van der Waals surface area (Å²) in [4.78, 5) is 17.0. The van der Waals surface area contributed by atoms with Gasteiger partial charge in [-0.15, -0.1) is 11.3 Å².